The standard InChI is InChI=1S/C15H19FN2O3/c16-12-5-1-4-11(15(20)21)14(12)18-13(19)7-6-10-3-2-8-17-9-10/h1,4-5,10,17H,2-3,6-9H2,(H,18,19)(H,20,21). The fraction of sp³-hybridized carbons (Fsp3) is 0.467. The molecule has 1 saturated heterocycles. The van der Waals surface area contributed by atoms with E-state index in [2.05, 4.69) is 10.6 Å². The Kier molecular flexibility index (Phi) is 5.27. The van der Waals surface area contributed by atoms with Gasteiger partial charge in [0.25, 0.3) is 0 Å². The van der Waals surface area contributed by atoms with Gasteiger partial charge in [-0.15, -0.1) is 0 Å². The lowest BCUT2D eigenvalue weighted by Crippen LogP contribution is -2.30. The molecule has 5 nitrogen and oxygen atoms in total. The van der Waals surface area contributed by atoms with Gasteiger partial charge in [-0.2, -0.15) is 0 Å². The first-order valence-corrected chi connectivity index (χ1v) is 7.10. The maximum absolute atomic E-state index is 13.7. The summed E-state index contributed by atoms with van der Waals surface area (Å²) < 4.78 is 13.7. The van der Waals surface area contributed by atoms with Crippen molar-refractivity contribution in [2.75, 3.05) is 18.4 Å². The molecule has 1 fully saturated rings. The maximum atomic E-state index is 13.7. The van der Waals surface area contributed by atoms with Gasteiger partial charge >= 0.3 is 5.97 Å². The number of carbonyl (C=O) groups is 2. The number of rotatable bonds is 5. The summed E-state index contributed by atoms with van der Waals surface area (Å²) in [6.45, 7) is 1.91. The van der Waals surface area contributed by atoms with Gasteiger partial charge in [0.05, 0.1) is 11.3 Å². The van der Waals surface area contributed by atoms with Gasteiger partial charge in [0.15, 0.2) is 0 Å². The first-order chi connectivity index (χ1) is 10.1. The third-order valence-corrected chi connectivity index (χ3v) is 3.69. The Balaban J connectivity index is 1.94. The van der Waals surface area contributed by atoms with Gasteiger partial charge in [0.2, 0.25) is 5.91 Å². The largest absolute Gasteiger partial charge is 0.478 e. The van der Waals surface area contributed by atoms with E-state index >= 15 is 0 Å². The smallest absolute Gasteiger partial charge is 0.337 e. The number of piperidine rings is 1. The van der Waals surface area contributed by atoms with Crippen LogP contribution in [0.3, 0.4) is 0 Å². The number of halogens is 1. The van der Waals surface area contributed by atoms with Crippen LogP contribution in [0.2, 0.25) is 0 Å². The number of anilines is 1. The molecule has 3 N–H and O–H groups in total. The quantitative estimate of drug-likeness (QED) is 0.778. The van der Waals surface area contributed by atoms with Crippen LogP contribution in [0.25, 0.3) is 0 Å². The SMILES string of the molecule is O=C(CCC1CCCNC1)Nc1c(F)cccc1C(=O)O. The van der Waals surface area contributed by atoms with Crippen LogP contribution in [0, 0.1) is 11.7 Å². The Hall–Kier alpha value is -1.95. The number of hydrogen-bond acceptors (Lipinski definition) is 3. The first kappa shape index (κ1) is 15.4. The van der Waals surface area contributed by atoms with Gasteiger partial charge in [-0.25, -0.2) is 9.18 Å². The molecule has 2 rings (SSSR count). The molecule has 21 heavy (non-hydrogen) atoms. The molecule has 1 unspecified atom stereocenters. The number of hydrogen-bond donors (Lipinski definition) is 3. The molecule has 1 aromatic carbocycles. The molecular formula is C15H19FN2O3. The molecule has 1 aliphatic heterocycles. The minimum atomic E-state index is -1.26. The lowest BCUT2D eigenvalue weighted by Gasteiger charge is -2.22. The molecule has 114 valence electrons. The number of para-hydroxylation sites is 1. The van der Waals surface area contributed by atoms with Gasteiger partial charge in [0, 0.05) is 6.42 Å². The van der Waals surface area contributed by atoms with E-state index in [4.69, 9.17) is 5.11 Å². The molecule has 1 amide bonds. The van der Waals surface area contributed by atoms with Crippen LogP contribution in [0.5, 0.6) is 0 Å². The second-order valence-corrected chi connectivity index (χ2v) is 5.27. The van der Waals surface area contributed by atoms with Gasteiger partial charge in [0.1, 0.15) is 5.82 Å². The van der Waals surface area contributed by atoms with Crippen molar-refractivity contribution in [2.45, 2.75) is 25.7 Å². The van der Waals surface area contributed by atoms with E-state index in [1.807, 2.05) is 0 Å². The van der Waals surface area contributed by atoms with Crippen molar-refractivity contribution in [3.63, 3.8) is 0 Å². The topological polar surface area (TPSA) is 78.4 Å². The Labute approximate surface area is 122 Å². The van der Waals surface area contributed by atoms with E-state index in [1.54, 1.807) is 0 Å². The Morgan fingerprint density at radius 2 is 2.24 bits per heavy atom. The van der Waals surface area contributed by atoms with E-state index in [0.717, 1.165) is 38.4 Å². The average molecular weight is 294 g/mol. The predicted octanol–water partition coefficient (Wildman–Crippen LogP) is 2.24. The Morgan fingerprint density at radius 1 is 1.43 bits per heavy atom. The van der Waals surface area contributed by atoms with Gasteiger partial charge < -0.3 is 15.7 Å². The van der Waals surface area contributed by atoms with Crippen molar-refractivity contribution in [1.29, 1.82) is 0 Å². The van der Waals surface area contributed by atoms with Gasteiger partial charge in [-0.3, -0.25) is 4.79 Å². The highest BCUT2D eigenvalue weighted by atomic mass is 19.1. The van der Waals surface area contributed by atoms with Crippen molar-refractivity contribution in [3.8, 4) is 0 Å². The monoisotopic (exact) mass is 294 g/mol. The summed E-state index contributed by atoms with van der Waals surface area (Å²) in [5, 5.41) is 14.7. The normalized spacial score (nSPS) is 18.2. The molecule has 0 aliphatic carbocycles. The summed E-state index contributed by atoms with van der Waals surface area (Å²) in [4.78, 5) is 22.9. The molecule has 1 heterocycles. The molecule has 1 atom stereocenters. The summed E-state index contributed by atoms with van der Waals surface area (Å²) >= 11 is 0. The van der Waals surface area contributed by atoms with Crippen LogP contribution < -0.4 is 10.6 Å². The van der Waals surface area contributed by atoms with E-state index in [0.29, 0.717) is 5.92 Å². The zero-order valence-corrected chi connectivity index (χ0v) is 11.7. The first-order valence-electron chi connectivity index (χ1n) is 7.10. The zero-order chi connectivity index (χ0) is 15.2. The van der Waals surface area contributed by atoms with Crippen molar-refractivity contribution in [1.82, 2.24) is 5.32 Å². The highest BCUT2D eigenvalue weighted by Gasteiger charge is 2.18. The van der Waals surface area contributed by atoms with Crippen LogP contribution in [0.15, 0.2) is 18.2 Å². The number of benzene rings is 1. The number of carbonyl (C=O) groups excluding carboxylic acids is 1. The molecular weight excluding hydrogens is 275 g/mol. The van der Waals surface area contributed by atoms with E-state index in [1.165, 1.54) is 12.1 Å². The summed E-state index contributed by atoms with van der Waals surface area (Å²) in [6, 6.07) is 3.71. The third kappa shape index (κ3) is 4.26. The summed E-state index contributed by atoms with van der Waals surface area (Å²) in [7, 11) is 0. The van der Waals surface area contributed by atoms with Crippen LogP contribution in [-0.4, -0.2) is 30.1 Å². The van der Waals surface area contributed by atoms with Crippen molar-refractivity contribution >= 4 is 17.6 Å². The Morgan fingerprint density at radius 3 is 2.90 bits per heavy atom. The highest BCUT2D eigenvalue weighted by Crippen LogP contribution is 2.21. The molecule has 1 aliphatic rings. The second kappa shape index (κ2) is 7.17. The maximum Gasteiger partial charge on any atom is 0.337 e. The van der Waals surface area contributed by atoms with Crippen molar-refractivity contribution in [2.24, 2.45) is 5.92 Å². The second-order valence-electron chi connectivity index (χ2n) is 5.27. The molecule has 0 bridgehead atoms. The molecule has 6 heteroatoms. The predicted molar refractivity (Wildman–Crippen MR) is 76.8 cm³/mol. The summed E-state index contributed by atoms with van der Waals surface area (Å²) in [6.07, 6.45) is 3.17. The molecule has 1 aromatic rings. The van der Waals surface area contributed by atoms with Crippen LogP contribution >= 0.6 is 0 Å². The average Bonchev–Trinajstić information content (AvgIpc) is 2.48. The van der Waals surface area contributed by atoms with E-state index in [-0.39, 0.29) is 23.6 Å². The highest BCUT2D eigenvalue weighted by molar-refractivity contribution is 6.00. The van der Waals surface area contributed by atoms with Gasteiger partial charge in [-0.05, 0) is 50.4 Å². The number of aromatic carboxylic acids is 1. The van der Waals surface area contributed by atoms with Crippen molar-refractivity contribution < 1.29 is 19.1 Å². The third-order valence-electron chi connectivity index (χ3n) is 3.69. The lowest BCUT2D eigenvalue weighted by atomic mass is 9.94. The van der Waals surface area contributed by atoms with E-state index in [9.17, 15) is 14.0 Å². The van der Waals surface area contributed by atoms with Crippen LogP contribution in [0.4, 0.5) is 10.1 Å². The van der Waals surface area contributed by atoms with Gasteiger partial charge in [-0.1, -0.05) is 6.07 Å². The minimum absolute atomic E-state index is 0.234. The van der Waals surface area contributed by atoms with Crippen LogP contribution in [0.1, 0.15) is 36.0 Å². The number of carboxylic acid groups (broad SMARTS) is 1. The van der Waals surface area contributed by atoms with Crippen LogP contribution in [-0.2, 0) is 4.79 Å². The lowest BCUT2D eigenvalue weighted by molar-refractivity contribution is -0.116. The molecule has 0 saturated carbocycles. The number of nitrogens with one attached hydrogen (secondary N) is 2. The summed E-state index contributed by atoms with van der Waals surface area (Å²) in [5.74, 6) is -1.90. The minimum Gasteiger partial charge on any atom is -0.478 e. The fourth-order valence-electron chi connectivity index (χ4n) is 2.54. The van der Waals surface area contributed by atoms with Crippen molar-refractivity contribution in [3.05, 3.63) is 29.6 Å². The zero-order valence-electron chi connectivity index (χ0n) is 11.7. The fourth-order valence-corrected chi connectivity index (χ4v) is 2.54. The number of amides is 1. The molecule has 0 aromatic heterocycles. The molecule has 0 spiro atoms. The summed E-state index contributed by atoms with van der Waals surface area (Å²) in [5.41, 5.74) is -0.487. The van der Waals surface area contributed by atoms with E-state index < -0.39 is 11.8 Å². The molecule has 0 radical (unpaired) electrons. The number of carboxylic acids is 1. The Bertz CT molecular complexity index is 528.